The first kappa shape index (κ1) is 22.2. The Morgan fingerprint density at radius 1 is 1.16 bits per heavy atom. The number of rotatable bonds is 8. The number of carbonyl (C=O) groups excluding carboxylic acids is 1. The summed E-state index contributed by atoms with van der Waals surface area (Å²) in [5, 5.41) is 17.0. The summed E-state index contributed by atoms with van der Waals surface area (Å²) in [6.07, 6.45) is 3.51. The van der Waals surface area contributed by atoms with E-state index in [1.807, 2.05) is 26.0 Å². The Labute approximate surface area is 184 Å². The number of aliphatic carboxylic acids is 1. The molecule has 0 saturated heterocycles. The van der Waals surface area contributed by atoms with E-state index in [2.05, 4.69) is 20.4 Å². The molecule has 3 aromatic rings. The lowest BCUT2D eigenvalue weighted by atomic mass is 10.1. The zero-order chi connectivity index (χ0) is 22.4. The van der Waals surface area contributed by atoms with Crippen LogP contribution in [-0.2, 0) is 16.0 Å². The molecule has 1 aromatic carbocycles. The number of pyridine rings is 1. The zero-order valence-corrected chi connectivity index (χ0v) is 17.9. The summed E-state index contributed by atoms with van der Waals surface area (Å²) in [4.78, 5) is 32.0. The van der Waals surface area contributed by atoms with Gasteiger partial charge >= 0.3 is 5.97 Å². The Bertz CT molecular complexity index is 1090. The fourth-order valence-electron chi connectivity index (χ4n) is 2.90. The van der Waals surface area contributed by atoms with Crippen LogP contribution in [0.1, 0.15) is 25.5 Å². The van der Waals surface area contributed by atoms with E-state index < -0.39 is 18.4 Å². The van der Waals surface area contributed by atoms with Crippen molar-refractivity contribution in [3.05, 3.63) is 65.4 Å². The van der Waals surface area contributed by atoms with Crippen molar-refractivity contribution in [2.75, 3.05) is 11.9 Å². The van der Waals surface area contributed by atoms with Crippen molar-refractivity contribution in [1.29, 1.82) is 0 Å². The number of carbonyl (C=O) groups is 2. The quantitative estimate of drug-likeness (QED) is 0.517. The number of carboxylic acid groups (broad SMARTS) is 1. The molecule has 0 fully saturated rings. The van der Waals surface area contributed by atoms with Crippen molar-refractivity contribution < 1.29 is 14.7 Å². The van der Waals surface area contributed by atoms with Crippen LogP contribution < -0.4 is 5.32 Å². The molecule has 0 aliphatic carbocycles. The lowest BCUT2D eigenvalue weighted by molar-refractivity contribution is -0.135. The van der Waals surface area contributed by atoms with Gasteiger partial charge in [0.05, 0.1) is 5.69 Å². The number of aromatic nitrogens is 3. The number of nitrogens with one attached hydrogen (secondary N) is 1. The molecule has 160 valence electrons. The van der Waals surface area contributed by atoms with E-state index in [0.29, 0.717) is 16.5 Å². The summed E-state index contributed by atoms with van der Waals surface area (Å²) in [6.45, 7) is 3.40. The molecule has 2 N–H and O–H groups in total. The minimum absolute atomic E-state index is 0.0124. The predicted octanol–water partition coefficient (Wildman–Crippen LogP) is 3.89. The van der Waals surface area contributed by atoms with E-state index in [1.54, 1.807) is 47.4 Å². The number of nitrogens with zero attached hydrogens (tertiary/aromatic N) is 4. The average Bonchev–Trinajstić information content (AvgIpc) is 3.17. The smallest absolute Gasteiger partial charge is 0.325 e. The van der Waals surface area contributed by atoms with Gasteiger partial charge in [0, 0.05) is 41.5 Å². The number of anilines is 1. The molecule has 2 aromatic heterocycles. The molecule has 3 rings (SSSR count). The maximum Gasteiger partial charge on any atom is 0.325 e. The zero-order valence-electron chi connectivity index (χ0n) is 17.1. The molecule has 0 unspecified atom stereocenters. The van der Waals surface area contributed by atoms with Crippen LogP contribution in [0.2, 0.25) is 5.02 Å². The minimum Gasteiger partial charge on any atom is -0.480 e. The van der Waals surface area contributed by atoms with Gasteiger partial charge in [-0.2, -0.15) is 5.10 Å². The largest absolute Gasteiger partial charge is 0.480 e. The van der Waals surface area contributed by atoms with E-state index in [0.717, 1.165) is 11.1 Å². The molecule has 2 heterocycles. The lowest BCUT2D eigenvalue weighted by Crippen LogP contribution is -2.27. The summed E-state index contributed by atoms with van der Waals surface area (Å²) in [5.41, 5.74) is 2.45. The third-order valence-corrected chi connectivity index (χ3v) is 4.65. The van der Waals surface area contributed by atoms with Gasteiger partial charge in [-0.25, -0.2) is 4.68 Å². The highest BCUT2D eigenvalue weighted by atomic mass is 35.5. The van der Waals surface area contributed by atoms with Crippen LogP contribution in [-0.4, -0.2) is 44.0 Å². The first-order valence-corrected chi connectivity index (χ1v) is 10.0. The number of carboxylic acids is 1. The molecular formula is C22H22ClN5O3. The normalized spacial score (nSPS) is 11.5. The maximum absolute atomic E-state index is 13.0. The van der Waals surface area contributed by atoms with Gasteiger partial charge in [-0.05, 0) is 43.7 Å². The molecule has 8 nitrogen and oxygen atoms in total. The summed E-state index contributed by atoms with van der Waals surface area (Å²) in [6, 6.07) is 12.4. The van der Waals surface area contributed by atoms with E-state index in [1.165, 1.54) is 0 Å². The first-order valence-electron chi connectivity index (χ1n) is 9.64. The van der Waals surface area contributed by atoms with Crippen LogP contribution in [0.15, 0.2) is 59.9 Å². The van der Waals surface area contributed by atoms with Crippen molar-refractivity contribution in [3.63, 3.8) is 0 Å². The standard InChI is InChI=1S/C22H22ClN5O3/c1-14(2)28-20(12-18(27-28)16-7-9-24-10-8-16)26-22(31)19(25-13-21(29)30)11-15-3-5-17(23)6-4-15/h3-10,12,14H,11,13H2,1-2H3,(H,26,31)(H,29,30). The van der Waals surface area contributed by atoms with E-state index in [4.69, 9.17) is 16.7 Å². The number of halogens is 1. The number of amides is 1. The van der Waals surface area contributed by atoms with Crippen molar-refractivity contribution in [2.24, 2.45) is 4.99 Å². The van der Waals surface area contributed by atoms with Crippen LogP contribution in [0.4, 0.5) is 5.82 Å². The second-order valence-electron chi connectivity index (χ2n) is 7.10. The van der Waals surface area contributed by atoms with Gasteiger partial charge in [0.2, 0.25) is 0 Å². The second kappa shape index (κ2) is 9.99. The fourth-order valence-corrected chi connectivity index (χ4v) is 3.03. The van der Waals surface area contributed by atoms with E-state index in [-0.39, 0.29) is 18.2 Å². The molecule has 1 amide bonds. The van der Waals surface area contributed by atoms with Gasteiger partial charge in [-0.15, -0.1) is 0 Å². The molecule has 0 bridgehead atoms. The molecule has 9 heteroatoms. The molecule has 0 atom stereocenters. The number of hydrogen-bond acceptors (Lipinski definition) is 5. The van der Waals surface area contributed by atoms with Gasteiger partial charge in [0.15, 0.2) is 0 Å². The van der Waals surface area contributed by atoms with E-state index in [9.17, 15) is 9.59 Å². The molecule has 0 aliphatic rings. The van der Waals surface area contributed by atoms with E-state index >= 15 is 0 Å². The monoisotopic (exact) mass is 439 g/mol. The minimum atomic E-state index is -1.12. The van der Waals surface area contributed by atoms with Crippen LogP contribution in [0.3, 0.4) is 0 Å². The predicted molar refractivity (Wildman–Crippen MR) is 120 cm³/mol. The molecular weight excluding hydrogens is 418 g/mol. The van der Waals surface area contributed by atoms with Gasteiger partial charge in [0.1, 0.15) is 18.1 Å². The Kier molecular flexibility index (Phi) is 7.15. The number of aliphatic imine (C=N–C) groups is 1. The van der Waals surface area contributed by atoms with Crippen LogP contribution >= 0.6 is 11.6 Å². The molecule has 0 radical (unpaired) electrons. The Hall–Kier alpha value is -3.52. The highest BCUT2D eigenvalue weighted by molar-refractivity contribution is 6.43. The summed E-state index contributed by atoms with van der Waals surface area (Å²) < 4.78 is 1.70. The number of hydrogen-bond donors (Lipinski definition) is 2. The third kappa shape index (κ3) is 5.99. The SMILES string of the molecule is CC(C)n1nc(-c2ccncc2)cc1NC(=O)C(Cc1ccc(Cl)cc1)=NCC(=O)O. The molecule has 0 spiro atoms. The van der Waals surface area contributed by atoms with Gasteiger partial charge < -0.3 is 10.4 Å². The summed E-state index contributed by atoms with van der Waals surface area (Å²) in [7, 11) is 0. The Morgan fingerprint density at radius 3 is 2.45 bits per heavy atom. The van der Waals surface area contributed by atoms with Gasteiger partial charge in [-0.3, -0.25) is 19.6 Å². The molecule has 31 heavy (non-hydrogen) atoms. The third-order valence-electron chi connectivity index (χ3n) is 4.39. The van der Waals surface area contributed by atoms with Gasteiger partial charge in [-0.1, -0.05) is 23.7 Å². The molecule has 0 saturated carbocycles. The molecule has 0 aliphatic heterocycles. The highest BCUT2D eigenvalue weighted by Crippen LogP contribution is 2.24. The summed E-state index contributed by atoms with van der Waals surface area (Å²) in [5.74, 6) is -1.11. The maximum atomic E-state index is 13.0. The van der Waals surface area contributed by atoms with Gasteiger partial charge in [0.25, 0.3) is 5.91 Å². The lowest BCUT2D eigenvalue weighted by Gasteiger charge is -2.13. The second-order valence-corrected chi connectivity index (χ2v) is 7.54. The van der Waals surface area contributed by atoms with Crippen molar-refractivity contribution >= 4 is 35.0 Å². The van der Waals surface area contributed by atoms with Crippen LogP contribution in [0, 0.1) is 0 Å². The Morgan fingerprint density at radius 2 is 1.84 bits per heavy atom. The van der Waals surface area contributed by atoms with Crippen LogP contribution in [0.25, 0.3) is 11.3 Å². The number of benzene rings is 1. The van der Waals surface area contributed by atoms with Crippen molar-refractivity contribution in [2.45, 2.75) is 26.3 Å². The van der Waals surface area contributed by atoms with Crippen LogP contribution in [0.5, 0.6) is 0 Å². The first-order chi connectivity index (χ1) is 14.8. The van der Waals surface area contributed by atoms with Crippen molar-refractivity contribution in [1.82, 2.24) is 14.8 Å². The fraction of sp³-hybridized carbons (Fsp3) is 0.227. The summed E-state index contributed by atoms with van der Waals surface area (Å²) >= 11 is 5.92. The Balaban J connectivity index is 1.88. The topological polar surface area (TPSA) is 109 Å². The highest BCUT2D eigenvalue weighted by Gasteiger charge is 2.18. The van der Waals surface area contributed by atoms with Crippen molar-refractivity contribution in [3.8, 4) is 11.3 Å². The average molecular weight is 440 g/mol.